The molecular formula is C13H23ClN2O4S. The Morgan fingerprint density at radius 1 is 1.19 bits per heavy atom. The van der Waals surface area contributed by atoms with Gasteiger partial charge in [0, 0.05) is 18.2 Å². The summed E-state index contributed by atoms with van der Waals surface area (Å²) in [6.45, 7) is 5.34. The molecular weight excluding hydrogens is 316 g/mol. The van der Waals surface area contributed by atoms with Crippen LogP contribution in [0, 0.1) is 6.92 Å². The van der Waals surface area contributed by atoms with Crippen molar-refractivity contribution in [3.05, 3.63) is 17.7 Å². The fraction of sp³-hybridized carbons (Fsp3) is 0.538. The molecule has 1 aromatic rings. The van der Waals surface area contributed by atoms with E-state index >= 15 is 0 Å². The van der Waals surface area contributed by atoms with Gasteiger partial charge >= 0.3 is 0 Å². The number of aryl methyl sites for hydroxylation is 1. The molecule has 0 radical (unpaired) electrons. The third kappa shape index (κ3) is 4.74. The first-order chi connectivity index (χ1) is 9.16. The first kappa shape index (κ1) is 20.0. The summed E-state index contributed by atoms with van der Waals surface area (Å²) in [5.41, 5.74) is 5.41. The largest absolute Gasteiger partial charge is 0.493 e. The molecule has 21 heavy (non-hydrogen) atoms. The van der Waals surface area contributed by atoms with Gasteiger partial charge in [-0.2, -0.15) is 0 Å². The van der Waals surface area contributed by atoms with Crippen LogP contribution >= 0.6 is 12.4 Å². The minimum atomic E-state index is -3.68. The molecule has 0 spiro atoms. The molecule has 0 fully saturated rings. The number of rotatable bonds is 6. The molecule has 122 valence electrons. The lowest BCUT2D eigenvalue weighted by Gasteiger charge is -2.24. The van der Waals surface area contributed by atoms with Crippen molar-refractivity contribution in [2.24, 2.45) is 5.73 Å². The monoisotopic (exact) mass is 338 g/mol. The summed E-state index contributed by atoms with van der Waals surface area (Å²) < 4.78 is 37.7. The Hall–Kier alpha value is -1.02. The van der Waals surface area contributed by atoms with E-state index in [2.05, 4.69) is 4.72 Å². The quantitative estimate of drug-likeness (QED) is 0.819. The van der Waals surface area contributed by atoms with E-state index in [0.29, 0.717) is 17.1 Å². The molecule has 1 aromatic carbocycles. The number of hydrogen-bond donors (Lipinski definition) is 2. The normalized spacial score (nSPS) is 11.7. The molecule has 0 unspecified atom stereocenters. The number of nitrogens with one attached hydrogen (secondary N) is 1. The minimum absolute atomic E-state index is 0. The Kier molecular flexibility index (Phi) is 6.95. The second-order valence-electron chi connectivity index (χ2n) is 5.17. The predicted octanol–water partition coefficient (Wildman–Crippen LogP) is 1.45. The second kappa shape index (κ2) is 7.31. The summed E-state index contributed by atoms with van der Waals surface area (Å²) in [7, 11) is -0.723. The Bertz CT molecular complexity index is 588. The minimum Gasteiger partial charge on any atom is -0.493 e. The van der Waals surface area contributed by atoms with Crippen molar-refractivity contribution in [1.82, 2.24) is 4.72 Å². The Morgan fingerprint density at radius 2 is 1.67 bits per heavy atom. The first-order valence-corrected chi connectivity index (χ1v) is 7.62. The number of benzene rings is 1. The van der Waals surface area contributed by atoms with Gasteiger partial charge in [0.2, 0.25) is 10.0 Å². The van der Waals surface area contributed by atoms with Crippen LogP contribution in [0.1, 0.15) is 19.4 Å². The molecule has 0 saturated carbocycles. The maximum absolute atomic E-state index is 12.4. The summed E-state index contributed by atoms with van der Waals surface area (Å²) in [5, 5.41) is 0. The molecule has 0 aliphatic rings. The summed E-state index contributed by atoms with van der Waals surface area (Å²) in [6, 6.07) is 3.08. The topological polar surface area (TPSA) is 90.7 Å². The summed E-state index contributed by atoms with van der Waals surface area (Å²) in [5.74, 6) is 0.853. The Balaban J connectivity index is 0.00000400. The lowest BCUT2D eigenvalue weighted by Crippen LogP contribution is -2.48. The zero-order valence-corrected chi connectivity index (χ0v) is 14.5. The summed E-state index contributed by atoms with van der Waals surface area (Å²) in [6.07, 6.45) is 0. The fourth-order valence-corrected chi connectivity index (χ4v) is 3.38. The van der Waals surface area contributed by atoms with Crippen molar-refractivity contribution in [1.29, 1.82) is 0 Å². The molecule has 1 rings (SSSR count). The number of sulfonamides is 1. The number of nitrogens with two attached hydrogens (primary N) is 1. The van der Waals surface area contributed by atoms with Gasteiger partial charge in [-0.15, -0.1) is 12.4 Å². The van der Waals surface area contributed by atoms with E-state index in [1.165, 1.54) is 20.3 Å². The molecule has 0 aliphatic carbocycles. The van der Waals surface area contributed by atoms with E-state index in [1.807, 2.05) is 0 Å². The molecule has 6 nitrogen and oxygen atoms in total. The maximum atomic E-state index is 12.4. The third-order valence-corrected chi connectivity index (χ3v) is 4.73. The average Bonchev–Trinajstić information content (AvgIpc) is 2.36. The summed E-state index contributed by atoms with van der Waals surface area (Å²) in [4.78, 5) is 0.150. The van der Waals surface area contributed by atoms with E-state index in [9.17, 15) is 8.42 Å². The molecule has 0 amide bonds. The molecule has 0 aliphatic heterocycles. The van der Waals surface area contributed by atoms with Crippen LogP contribution < -0.4 is 19.9 Å². The third-order valence-electron chi connectivity index (χ3n) is 2.89. The second-order valence-corrected chi connectivity index (χ2v) is 6.82. The van der Waals surface area contributed by atoms with Gasteiger partial charge in [0.15, 0.2) is 11.5 Å². The molecule has 0 aromatic heterocycles. The number of ether oxygens (including phenoxy) is 2. The highest BCUT2D eigenvalue weighted by molar-refractivity contribution is 7.89. The maximum Gasteiger partial charge on any atom is 0.241 e. The van der Waals surface area contributed by atoms with Crippen molar-refractivity contribution in [3.8, 4) is 11.5 Å². The van der Waals surface area contributed by atoms with Crippen LogP contribution in [-0.4, -0.2) is 34.7 Å². The molecule has 0 atom stereocenters. The van der Waals surface area contributed by atoms with E-state index in [4.69, 9.17) is 15.2 Å². The Labute approximate surface area is 132 Å². The number of halogens is 1. The van der Waals surface area contributed by atoms with Crippen LogP contribution in [0.5, 0.6) is 11.5 Å². The van der Waals surface area contributed by atoms with Gasteiger partial charge in [-0.3, -0.25) is 0 Å². The van der Waals surface area contributed by atoms with E-state index in [0.717, 1.165) is 0 Å². The summed E-state index contributed by atoms with van der Waals surface area (Å²) >= 11 is 0. The van der Waals surface area contributed by atoms with E-state index < -0.39 is 15.6 Å². The van der Waals surface area contributed by atoms with Gasteiger partial charge in [-0.1, -0.05) is 0 Å². The molecule has 0 heterocycles. The van der Waals surface area contributed by atoms with Gasteiger partial charge < -0.3 is 15.2 Å². The van der Waals surface area contributed by atoms with Gasteiger partial charge in [0.05, 0.1) is 19.1 Å². The van der Waals surface area contributed by atoms with E-state index in [1.54, 1.807) is 26.8 Å². The smallest absolute Gasteiger partial charge is 0.241 e. The SMILES string of the molecule is COc1cc(C)c(S(=O)(=O)NC(C)(C)CN)cc1OC.Cl. The fourth-order valence-electron chi connectivity index (χ4n) is 1.71. The van der Waals surface area contributed by atoms with Gasteiger partial charge in [-0.25, -0.2) is 13.1 Å². The van der Waals surface area contributed by atoms with Crippen molar-refractivity contribution in [2.45, 2.75) is 31.2 Å². The standard InChI is InChI=1S/C13H22N2O4S.ClH/c1-9-6-10(18-4)11(19-5)7-12(9)20(16,17)15-13(2,3)8-14;/h6-7,15H,8,14H2,1-5H3;1H. The van der Waals surface area contributed by atoms with Crippen LogP contribution in [0.15, 0.2) is 17.0 Å². The van der Waals surface area contributed by atoms with E-state index in [-0.39, 0.29) is 23.8 Å². The highest BCUT2D eigenvalue weighted by atomic mass is 35.5. The zero-order valence-electron chi connectivity index (χ0n) is 12.9. The average molecular weight is 339 g/mol. The molecule has 0 bridgehead atoms. The lowest BCUT2D eigenvalue weighted by atomic mass is 10.1. The van der Waals surface area contributed by atoms with Crippen molar-refractivity contribution < 1.29 is 17.9 Å². The van der Waals surface area contributed by atoms with Gasteiger partial charge in [0.1, 0.15) is 0 Å². The molecule has 8 heteroatoms. The number of hydrogen-bond acceptors (Lipinski definition) is 5. The van der Waals surface area contributed by atoms with Crippen molar-refractivity contribution in [2.75, 3.05) is 20.8 Å². The molecule has 3 N–H and O–H groups in total. The van der Waals surface area contributed by atoms with Crippen molar-refractivity contribution >= 4 is 22.4 Å². The first-order valence-electron chi connectivity index (χ1n) is 6.13. The van der Waals surface area contributed by atoms with Gasteiger partial charge in [0.25, 0.3) is 0 Å². The van der Waals surface area contributed by atoms with Crippen LogP contribution in [-0.2, 0) is 10.0 Å². The van der Waals surface area contributed by atoms with Gasteiger partial charge in [-0.05, 0) is 32.4 Å². The van der Waals surface area contributed by atoms with Crippen LogP contribution in [0.3, 0.4) is 0 Å². The highest BCUT2D eigenvalue weighted by Gasteiger charge is 2.27. The predicted molar refractivity (Wildman–Crippen MR) is 85.0 cm³/mol. The van der Waals surface area contributed by atoms with Crippen molar-refractivity contribution in [3.63, 3.8) is 0 Å². The highest BCUT2D eigenvalue weighted by Crippen LogP contribution is 2.32. The molecule has 0 saturated heterocycles. The van der Waals surface area contributed by atoms with Crippen LogP contribution in [0.4, 0.5) is 0 Å². The Morgan fingerprint density at radius 3 is 2.10 bits per heavy atom. The zero-order chi connectivity index (χ0) is 15.6. The van der Waals surface area contributed by atoms with Crippen LogP contribution in [0.25, 0.3) is 0 Å². The number of methoxy groups -OCH3 is 2. The van der Waals surface area contributed by atoms with Crippen LogP contribution in [0.2, 0.25) is 0 Å². The lowest BCUT2D eigenvalue weighted by molar-refractivity contribution is 0.353.